The summed E-state index contributed by atoms with van der Waals surface area (Å²) in [7, 11) is 1.46. The van der Waals surface area contributed by atoms with Crippen molar-refractivity contribution in [3.05, 3.63) is 86.9 Å². The van der Waals surface area contributed by atoms with E-state index in [1.54, 1.807) is 38.1 Å². The van der Waals surface area contributed by atoms with Crippen molar-refractivity contribution in [2.45, 2.75) is 26.3 Å². The fourth-order valence-corrected chi connectivity index (χ4v) is 4.16. The van der Waals surface area contributed by atoms with E-state index in [1.807, 2.05) is 19.1 Å². The monoisotopic (exact) mass is 559 g/mol. The van der Waals surface area contributed by atoms with Crippen LogP contribution in [-0.4, -0.2) is 38.0 Å². The number of nitrogens with two attached hydrogens (primary N) is 1. The lowest BCUT2D eigenvalue weighted by molar-refractivity contribution is -0.164. The highest BCUT2D eigenvalue weighted by Gasteiger charge is 2.48. The highest BCUT2D eigenvalue weighted by Crippen LogP contribution is 2.41. The maximum absolute atomic E-state index is 13.2. The molecule has 0 aromatic heterocycles. The summed E-state index contributed by atoms with van der Waals surface area (Å²) in [5.41, 5.74) is 5.63. The molecule has 0 bridgehead atoms. The minimum Gasteiger partial charge on any atom is -0.496 e. The lowest BCUT2D eigenvalue weighted by Gasteiger charge is -2.26. The maximum Gasteiger partial charge on any atom is 0.342 e. The number of aryl methyl sites for hydroxylation is 1. The maximum atomic E-state index is 13.2. The molecule has 8 nitrogen and oxygen atoms in total. The molecule has 3 aromatic carbocycles. The number of rotatable bonds is 10. The van der Waals surface area contributed by atoms with E-state index in [9.17, 15) is 14.4 Å². The topological polar surface area (TPSA) is 114 Å². The Morgan fingerprint density at radius 3 is 1.92 bits per heavy atom. The van der Waals surface area contributed by atoms with Crippen LogP contribution in [-0.2, 0) is 24.6 Å². The van der Waals surface area contributed by atoms with Gasteiger partial charge in [-0.25, -0.2) is 9.59 Å². The van der Waals surface area contributed by atoms with Crippen LogP contribution in [0.3, 0.4) is 0 Å². The van der Waals surface area contributed by atoms with Crippen molar-refractivity contribution in [1.29, 1.82) is 0 Å². The van der Waals surface area contributed by atoms with Crippen molar-refractivity contribution in [1.82, 2.24) is 0 Å². The van der Waals surface area contributed by atoms with Crippen molar-refractivity contribution < 1.29 is 33.3 Å². The number of halogens is 2. The molecule has 0 unspecified atom stereocenters. The number of ether oxygens (including phenoxy) is 4. The summed E-state index contributed by atoms with van der Waals surface area (Å²) in [4.78, 5) is 38.5. The summed E-state index contributed by atoms with van der Waals surface area (Å²) in [6.07, 6.45) is 0. The first-order chi connectivity index (χ1) is 18.1. The molecule has 0 aliphatic carbocycles. The van der Waals surface area contributed by atoms with Gasteiger partial charge in [-0.15, -0.1) is 0 Å². The van der Waals surface area contributed by atoms with Gasteiger partial charge in [0.05, 0.1) is 35.9 Å². The number of hydrogen-bond acceptors (Lipinski definition) is 8. The molecule has 3 aromatic rings. The quantitative estimate of drug-likeness (QED) is 0.193. The van der Waals surface area contributed by atoms with Gasteiger partial charge in [0.1, 0.15) is 11.5 Å². The SMILES string of the molecule is CCOC(=O)C(N)(C(=O)OCC)c1cc(Cl)c(Oc2ccc(OC)c(C(=O)c3ccc(C)cc3)c2)c(Cl)c1. The van der Waals surface area contributed by atoms with Crippen LogP contribution in [0, 0.1) is 6.92 Å². The number of benzene rings is 3. The molecule has 0 radical (unpaired) electrons. The van der Waals surface area contributed by atoms with Crippen molar-refractivity contribution in [3.8, 4) is 17.2 Å². The second-order valence-electron chi connectivity index (χ2n) is 8.18. The molecular weight excluding hydrogens is 533 g/mol. The molecule has 2 N–H and O–H groups in total. The third kappa shape index (κ3) is 5.93. The first-order valence-electron chi connectivity index (χ1n) is 11.7. The van der Waals surface area contributed by atoms with Crippen LogP contribution in [0.1, 0.15) is 40.9 Å². The zero-order valence-corrected chi connectivity index (χ0v) is 22.8. The Hall–Kier alpha value is -3.59. The summed E-state index contributed by atoms with van der Waals surface area (Å²) in [5, 5.41) is -0.0868. The van der Waals surface area contributed by atoms with Gasteiger partial charge in [0.15, 0.2) is 11.5 Å². The Kier molecular flexibility index (Phi) is 9.38. The van der Waals surface area contributed by atoms with E-state index in [4.69, 9.17) is 47.9 Å². The number of carbonyl (C=O) groups is 3. The average Bonchev–Trinajstić information content (AvgIpc) is 2.90. The minimum absolute atomic E-state index is 0.0129. The van der Waals surface area contributed by atoms with Crippen LogP contribution in [0.15, 0.2) is 54.6 Å². The van der Waals surface area contributed by atoms with Gasteiger partial charge in [-0.05, 0) is 56.7 Å². The molecule has 3 rings (SSSR count). The lowest BCUT2D eigenvalue weighted by Crippen LogP contribution is -2.53. The van der Waals surface area contributed by atoms with Gasteiger partial charge in [-0.2, -0.15) is 0 Å². The lowest BCUT2D eigenvalue weighted by atomic mass is 9.91. The second kappa shape index (κ2) is 12.3. The minimum atomic E-state index is -2.30. The average molecular weight is 560 g/mol. The summed E-state index contributed by atoms with van der Waals surface area (Å²) >= 11 is 12.9. The van der Waals surface area contributed by atoms with E-state index < -0.39 is 17.5 Å². The zero-order valence-electron chi connectivity index (χ0n) is 21.3. The van der Waals surface area contributed by atoms with E-state index in [2.05, 4.69) is 0 Å². The molecule has 0 saturated carbocycles. The normalized spacial score (nSPS) is 11.0. The number of hydrogen-bond donors (Lipinski definition) is 1. The van der Waals surface area contributed by atoms with Crippen LogP contribution in [0.5, 0.6) is 17.2 Å². The molecule has 38 heavy (non-hydrogen) atoms. The van der Waals surface area contributed by atoms with Crippen LogP contribution in [0.4, 0.5) is 0 Å². The number of esters is 2. The van der Waals surface area contributed by atoms with Gasteiger partial charge >= 0.3 is 11.9 Å². The first-order valence-corrected chi connectivity index (χ1v) is 12.4. The van der Waals surface area contributed by atoms with Crippen molar-refractivity contribution in [2.75, 3.05) is 20.3 Å². The first kappa shape index (κ1) is 29.0. The van der Waals surface area contributed by atoms with Crippen LogP contribution < -0.4 is 15.2 Å². The van der Waals surface area contributed by atoms with Crippen LogP contribution in [0.25, 0.3) is 0 Å². The molecule has 0 atom stereocenters. The molecule has 0 amide bonds. The smallest absolute Gasteiger partial charge is 0.342 e. The highest BCUT2D eigenvalue weighted by atomic mass is 35.5. The van der Waals surface area contributed by atoms with Crippen molar-refractivity contribution in [2.24, 2.45) is 5.73 Å². The van der Waals surface area contributed by atoms with E-state index in [0.29, 0.717) is 11.3 Å². The molecule has 0 spiro atoms. The van der Waals surface area contributed by atoms with Crippen molar-refractivity contribution in [3.63, 3.8) is 0 Å². The van der Waals surface area contributed by atoms with E-state index in [0.717, 1.165) is 5.56 Å². The molecule has 0 heterocycles. The van der Waals surface area contributed by atoms with E-state index >= 15 is 0 Å². The van der Waals surface area contributed by atoms with Crippen LogP contribution >= 0.6 is 23.2 Å². The Morgan fingerprint density at radius 1 is 0.868 bits per heavy atom. The van der Waals surface area contributed by atoms with Crippen LogP contribution in [0.2, 0.25) is 10.0 Å². The summed E-state index contributed by atoms with van der Waals surface area (Å²) in [5.74, 6) is -1.69. The summed E-state index contributed by atoms with van der Waals surface area (Å²) in [6, 6.07) is 14.3. The van der Waals surface area contributed by atoms with Gasteiger partial charge in [-0.1, -0.05) is 53.0 Å². The summed E-state index contributed by atoms with van der Waals surface area (Å²) in [6.45, 7) is 5.05. The Bertz CT molecular complexity index is 1310. The zero-order chi connectivity index (χ0) is 28.0. The standard InChI is InChI=1S/C28H27Cl2NO7/c1-5-36-26(33)28(31,27(34)37-6-2)18-13-21(29)25(22(30)14-18)38-19-11-12-23(35-4)20(15-19)24(32)17-9-7-16(3)8-10-17/h7-15H,5-6,31H2,1-4H3. The van der Waals surface area contributed by atoms with Crippen molar-refractivity contribution >= 4 is 40.9 Å². The number of ketones is 1. The molecule has 0 aliphatic rings. The van der Waals surface area contributed by atoms with Gasteiger partial charge in [0.25, 0.3) is 0 Å². The number of carbonyl (C=O) groups excluding carboxylic acids is 3. The Morgan fingerprint density at radius 2 is 1.42 bits per heavy atom. The number of methoxy groups -OCH3 is 1. The predicted octanol–water partition coefficient (Wildman–Crippen LogP) is 5.61. The molecule has 200 valence electrons. The fraction of sp³-hybridized carbons (Fsp3) is 0.250. The third-order valence-corrected chi connectivity index (χ3v) is 6.16. The van der Waals surface area contributed by atoms with Gasteiger partial charge < -0.3 is 24.7 Å². The molecule has 0 fully saturated rings. The third-order valence-electron chi connectivity index (χ3n) is 5.60. The molecular formula is C28H27Cl2NO7. The molecule has 0 aliphatic heterocycles. The van der Waals surface area contributed by atoms with E-state index in [-0.39, 0.29) is 51.7 Å². The molecule has 0 saturated heterocycles. The van der Waals surface area contributed by atoms with Gasteiger partial charge in [0.2, 0.25) is 5.54 Å². The largest absolute Gasteiger partial charge is 0.496 e. The Labute approximate surface area is 230 Å². The Balaban J connectivity index is 2.01. The summed E-state index contributed by atoms with van der Waals surface area (Å²) < 4.78 is 21.3. The van der Waals surface area contributed by atoms with Gasteiger partial charge in [0, 0.05) is 5.56 Å². The van der Waals surface area contributed by atoms with Gasteiger partial charge in [-0.3, -0.25) is 4.79 Å². The predicted molar refractivity (Wildman–Crippen MR) is 143 cm³/mol. The molecule has 10 heteroatoms. The fourth-order valence-electron chi connectivity index (χ4n) is 3.60. The van der Waals surface area contributed by atoms with E-state index in [1.165, 1.54) is 25.3 Å². The second-order valence-corrected chi connectivity index (χ2v) is 8.99. The highest BCUT2D eigenvalue weighted by molar-refractivity contribution is 6.37.